The zero-order valence-corrected chi connectivity index (χ0v) is 15.3. The molecular formula is C18H20F2N2O4S. The summed E-state index contributed by atoms with van der Waals surface area (Å²) in [6, 6.07) is 9.00. The van der Waals surface area contributed by atoms with Crippen molar-refractivity contribution in [2.24, 2.45) is 5.92 Å². The SMILES string of the molecule is O=C(NCC1CCCN(c2ccccc2S(=O)(=O)C(F)F)C1)c1ccco1. The third kappa shape index (κ3) is 4.29. The fourth-order valence-corrected chi connectivity index (χ4v) is 4.19. The monoisotopic (exact) mass is 398 g/mol. The zero-order valence-electron chi connectivity index (χ0n) is 14.5. The van der Waals surface area contributed by atoms with Gasteiger partial charge in [0.25, 0.3) is 5.91 Å². The number of benzene rings is 1. The summed E-state index contributed by atoms with van der Waals surface area (Å²) in [5.41, 5.74) is 0.278. The number of alkyl halides is 2. The number of rotatable bonds is 6. The van der Waals surface area contributed by atoms with Crippen LogP contribution in [0.5, 0.6) is 0 Å². The van der Waals surface area contributed by atoms with Crippen LogP contribution in [0.1, 0.15) is 23.4 Å². The molecule has 1 unspecified atom stereocenters. The maximum absolute atomic E-state index is 13.0. The number of nitrogens with zero attached hydrogens (tertiary/aromatic N) is 1. The van der Waals surface area contributed by atoms with Gasteiger partial charge < -0.3 is 14.6 Å². The molecule has 0 aliphatic carbocycles. The molecule has 6 nitrogen and oxygen atoms in total. The summed E-state index contributed by atoms with van der Waals surface area (Å²) in [5.74, 6) is -3.50. The summed E-state index contributed by atoms with van der Waals surface area (Å²) in [5, 5.41) is 2.79. The Morgan fingerprint density at radius 2 is 2.04 bits per heavy atom. The molecule has 3 rings (SSSR count). The number of hydrogen-bond acceptors (Lipinski definition) is 5. The third-order valence-corrected chi connectivity index (χ3v) is 5.99. The van der Waals surface area contributed by atoms with Gasteiger partial charge in [0.2, 0.25) is 9.84 Å². The molecule has 1 aliphatic rings. The zero-order chi connectivity index (χ0) is 19.4. The first-order valence-corrected chi connectivity index (χ1v) is 10.1. The highest BCUT2D eigenvalue weighted by atomic mass is 32.2. The van der Waals surface area contributed by atoms with E-state index in [0.29, 0.717) is 19.6 Å². The molecule has 2 heterocycles. The second-order valence-corrected chi connectivity index (χ2v) is 8.30. The molecule has 0 bridgehead atoms. The lowest BCUT2D eigenvalue weighted by Crippen LogP contribution is -2.41. The fraction of sp³-hybridized carbons (Fsp3) is 0.389. The number of carbonyl (C=O) groups excluding carboxylic acids is 1. The van der Waals surface area contributed by atoms with Crippen LogP contribution in [-0.4, -0.2) is 39.7 Å². The van der Waals surface area contributed by atoms with Crippen molar-refractivity contribution in [1.82, 2.24) is 5.32 Å². The summed E-state index contributed by atoms with van der Waals surface area (Å²) in [4.78, 5) is 13.4. The van der Waals surface area contributed by atoms with E-state index in [1.165, 1.54) is 18.4 Å². The number of anilines is 1. The van der Waals surface area contributed by atoms with Crippen molar-refractivity contribution in [2.75, 3.05) is 24.5 Å². The van der Waals surface area contributed by atoms with Crippen LogP contribution in [0.4, 0.5) is 14.5 Å². The Morgan fingerprint density at radius 1 is 1.26 bits per heavy atom. The largest absolute Gasteiger partial charge is 0.459 e. The van der Waals surface area contributed by atoms with Gasteiger partial charge in [-0.15, -0.1) is 0 Å². The maximum atomic E-state index is 13.0. The van der Waals surface area contributed by atoms with Crippen molar-refractivity contribution in [3.05, 3.63) is 48.4 Å². The van der Waals surface area contributed by atoms with E-state index in [2.05, 4.69) is 5.32 Å². The predicted molar refractivity (Wildman–Crippen MR) is 95.6 cm³/mol. The molecule has 0 radical (unpaired) electrons. The van der Waals surface area contributed by atoms with Crippen LogP contribution in [0, 0.1) is 5.92 Å². The molecule has 0 saturated carbocycles. The van der Waals surface area contributed by atoms with Crippen LogP contribution >= 0.6 is 0 Å². The van der Waals surface area contributed by atoms with Crippen molar-refractivity contribution in [3.63, 3.8) is 0 Å². The Hall–Kier alpha value is -2.42. The minimum absolute atomic E-state index is 0.0694. The second-order valence-electron chi connectivity index (χ2n) is 6.41. The van der Waals surface area contributed by atoms with Crippen molar-refractivity contribution >= 4 is 21.4 Å². The lowest BCUT2D eigenvalue weighted by molar-refractivity contribution is 0.0918. The van der Waals surface area contributed by atoms with Crippen molar-refractivity contribution in [2.45, 2.75) is 23.5 Å². The van der Waals surface area contributed by atoms with Crippen molar-refractivity contribution in [3.8, 4) is 0 Å². The molecule has 1 N–H and O–H groups in total. The van der Waals surface area contributed by atoms with Gasteiger partial charge in [-0.25, -0.2) is 8.42 Å². The first kappa shape index (κ1) is 19.3. The van der Waals surface area contributed by atoms with E-state index in [1.807, 2.05) is 0 Å². The van der Waals surface area contributed by atoms with Gasteiger partial charge in [0, 0.05) is 19.6 Å². The Bertz CT molecular complexity index is 885. The fourth-order valence-electron chi connectivity index (χ4n) is 3.24. The molecule has 1 atom stereocenters. The van der Waals surface area contributed by atoms with Gasteiger partial charge in [0.05, 0.1) is 16.8 Å². The van der Waals surface area contributed by atoms with E-state index < -0.39 is 15.6 Å². The number of amides is 1. The molecule has 1 aliphatic heterocycles. The molecule has 1 aromatic carbocycles. The number of para-hydroxylation sites is 1. The van der Waals surface area contributed by atoms with E-state index in [0.717, 1.165) is 12.8 Å². The number of carbonyl (C=O) groups is 1. The highest BCUT2D eigenvalue weighted by Gasteiger charge is 2.32. The van der Waals surface area contributed by atoms with E-state index >= 15 is 0 Å². The Balaban J connectivity index is 1.71. The highest BCUT2D eigenvalue weighted by molar-refractivity contribution is 7.91. The van der Waals surface area contributed by atoms with Crippen molar-refractivity contribution in [1.29, 1.82) is 0 Å². The van der Waals surface area contributed by atoms with Crippen LogP contribution in [0.25, 0.3) is 0 Å². The number of hydrogen-bond donors (Lipinski definition) is 1. The molecule has 1 saturated heterocycles. The average molecular weight is 398 g/mol. The van der Waals surface area contributed by atoms with Crippen LogP contribution in [0.2, 0.25) is 0 Å². The van der Waals surface area contributed by atoms with E-state index in [9.17, 15) is 22.0 Å². The summed E-state index contributed by atoms with van der Waals surface area (Å²) >= 11 is 0. The van der Waals surface area contributed by atoms with Gasteiger partial charge in [-0.2, -0.15) is 8.78 Å². The number of furan rings is 1. The molecule has 9 heteroatoms. The molecule has 0 spiro atoms. The van der Waals surface area contributed by atoms with Gasteiger partial charge in [-0.1, -0.05) is 12.1 Å². The second kappa shape index (κ2) is 8.08. The molecule has 146 valence electrons. The van der Waals surface area contributed by atoms with Gasteiger partial charge in [-0.05, 0) is 43.0 Å². The summed E-state index contributed by atoms with van der Waals surface area (Å²) < 4.78 is 55.0. The van der Waals surface area contributed by atoms with E-state index in [4.69, 9.17) is 4.42 Å². The van der Waals surface area contributed by atoms with Gasteiger partial charge >= 0.3 is 5.76 Å². The average Bonchev–Trinajstić information content (AvgIpc) is 3.21. The molecule has 1 amide bonds. The first-order chi connectivity index (χ1) is 12.9. The Kier molecular flexibility index (Phi) is 5.79. The number of piperidine rings is 1. The topological polar surface area (TPSA) is 79.6 Å². The summed E-state index contributed by atoms with van der Waals surface area (Å²) in [7, 11) is -4.69. The van der Waals surface area contributed by atoms with E-state index in [-0.39, 0.29) is 28.2 Å². The van der Waals surface area contributed by atoms with Gasteiger partial charge in [0.15, 0.2) is 5.76 Å². The summed E-state index contributed by atoms with van der Waals surface area (Å²) in [6.07, 6.45) is 3.03. The minimum Gasteiger partial charge on any atom is -0.459 e. The third-order valence-electron chi connectivity index (χ3n) is 4.56. The molecular weight excluding hydrogens is 378 g/mol. The molecule has 2 aromatic rings. The standard InChI is InChI=1S/C18H20F2N2O4S/c19-18(20)27(24,25)16-8-2-1-6-14(16)22-9-3-5-13(12-22)11-21-17(23)15-7-4-10-26-15/h1-2,4,6-8,10,13,18H,3,5,9,11-12H2,(H,21,23). The predicted octanol–water partition coefficient (Wildman–Crippen LogP) is 2.92. The van der Waals surface area contributed by atoms with Crippen LogP contribution in [0.3, 0.4) is 0 Å². The smallest absolute Gasteiger partial charge is 0.341 e. The van der Waals surface area contributed by atoms with Crippen LogP contribution in [-0.2, 0) is 9.84 Å². The maximum Gasteiger partial charge on any atom is 0.341 e. The lowest BCUT2D eigenvalue weighted by atomic mass is 9.97. The number of halogens is 2. The highest BCUT2D eigenvalue weighted by Crippen LogP contribution is 2.31. The number of nitrogens with one attached hydrogen (secondary N) is 1. The molecule has 1 fully saturated rings. The van der Waals surface area contributed by atoms with Crippen LogP contribution < -0.4 is 10.2 Å². The first-order valence-electron chi connectivity index (χ1n) is 8.57. The lowest BCUT2D eigenvalue weighted by Gasteiger charge is -2.35. The van der Waals surface area contributed by atoms with Gasteiger partial charge in [-0.3, -0.25) is 4.79 Å². The number of sulfone groups is 1. The Labute approximate surface area is 156 Å². The minimum atomic E-state index is -4.69. The van der Waals surface area contributed by atoms with Crippen molar-refractivity contribution < 1.29 is 26.4 Å². The van der Waals surface area contributed by atoms with Crippen LogP contribution in [0.15, 0.2) is 52.0 Å². The molecule has 1 aromatic heterocycles. The van der Waals surface area contributed by atoms with Gasteiger partial charge in [0.1, 0.15) is 0 Å². The normalized spacial score (nSPS) is 17.9. The van der Waals surface area contributed by atoms with E-state index in [1.54, 1.807) is 29.2 Å². The summed E-state index contributed by atoms with van der Waals surface area (Å²) in [6.45, 7) is 1.42. The Morgan fingerprint density at radius 3 is 2.74 bits per heavy atom. The molecule has 27 heavy (non-hydrogen) atoms. The quantitative estimate of drug-likeness (QED) is 0.809.